The lowest BCUT2D eigenvalue weighted by Crippen LogP contribution is -2.44. The lowest BCUT2D eigenvalue weighted by Gasteiger charge is -2.34. The second kappa shape index (κ2) is 8.56. The normalized spacial score (nSPS) is 14.6. The van der Waals surface area contributed by atoms with E-state index >= 15 is 0 Å². The zero-order valence-electron chi connectivity index (χ0n) is 15.7. The van der Waals surface area contributed by atoms with Gasteiger partial charge in [0.15, 0.2) is 0 Å². The molecule has 3 rings (SSSR count). The summed E-state index contributed by atoms with van der Waals surface area (Å²) in [7, 11) is 2.13. The molecule has 8 heteroatoms. The molecular weight excluding hydrogens is 344 g/mol. The number of rotatable bonds is 6. The molecule has 8 nitrogen and oxygen atoms in total. The number of anilines is 3. The Morgan fingerprint density at radius 1 is 1.33 bits per heavy atom. The van der Waals surface area contributed by atoms with Crippen LogP contribution >= 0.6 is 0 Å². The van der Waals surface area contributed by atoms with E-state index in [0.29, 0.717) is 18.0 Å². The first-order chi connectivity index (χ1) is 13.1. The summed E-state index contributed by atoms with van der Waals surface area (Å²) in [6.45, 7) is 6.65. The molecule has 0 aliphatic carbocycles. The van der Waals surface area contributed by atoms with E-state index in [1.54, 1.807) is 6.07 Å². The van der Waals surface area contributed by atoms with Crippen molar-refractivity contribution in [2.24, 2.45) is 0 Å². The van der Waals surface area contributed by atoms with Gasteiger partial charge in [-0.15, -0.1) is 0 Å². The molecule has 1 fully saturated rings. The Labute approximate surface area is 158 Å². The molecule has 0 radical (unpaired) electrons. The molecule has 1 aliphatic rings. The third kappa shape index (κ3) is 4.57. The maximum absolute atomic E-state index is 11.8. The number of benzene rings is 1. The highest BCUT2D eigenvalue weighted by Crippen LogP contribution is 2.32. The first-order valence-electron chi connectivity index (χ1n) is 9.07. The number of aromatic nitrogens is 2. The predicted octanol–water partition coefficient (Wildman–Crippen LogP) is 1.93. The van der Waals surface area contributed by atoms with Crippen molar-refractivity contribution in [1.29, 1.82) is 5.26 Å². The fourth-order valence-corrected chi connectivity index (χ4v) is 2.87. The predicted molar refractivity (Wildman–Crippen MR) is 105 cm³/mol. The summed E-state index contributed by atoms with van der Waals surface area (Å²) < 4.78 is 5.91. The summed E-state index contributed by atoms with van der Waals surface area (Å²) >= 11 is 0. The number of hydrogen-bond donors (Lipinski definition) is 2. The smallest absolute Gasteiger partial charge is 0.270 e. The van der Waals surface area contributed by atoms with Gasteiger partial charge in [0.2, 0.25) is 5.95 Å². The Balaban J connectivity index is 1.84. The largest absolute Gasteiger partial charge is 0.491 e. The molecule has 0 saturated carbocycles. The summed E-state index contributed by atoms with van der Waals surface area (Å²) in [6.07, 6.45) is 2.15. The van der Waals surface area contributed by atoms with Crippen LogP contribution in [0.25, 0.3) is 0 Å². The first-order valence-corrected chi connectivity index (χ1v) is 9.07. The first kappa shape index (κ1) is 18.7. The number of piperazine rings is 1. The van der Waals surface area contributed by atoms with Gasteiger partial charge in [-0.25, -0.2) is 4.98 Å². The number of nitrogens with one attached hydrogen (secondary N) is 2. The molecule has 27 heavy (non-hydrogen) atoms. The number of aromatic amines is 1. The lowest BCUT2D eigenvalue weighted by atomic mass is 10.2. The van der Waals surface area contributed by atoms with E-state index in [1.165, 1.54) is 6.20 Å². The van der Waals surface area contributed by atoms with Crippen LogP contribution in [0.3, 0.4) is 0 Å². The van der Waals surface area contributed by atoms with Gasteiger partial charge >= 0.3 is 0 Å². The molecular formula is C19H24N6O2. The zero-order valence-corrected chi connectivity index (χ0v) is 15.7. The van der Waals surface area contributed by atoms with E-state index < -0.39 is 5.56 Å². The second-order valence-corrected chi connectivity index (χ2v) is 6.53. The minimum atomic E-state index is -0.472. The highest BCUT2D eigenvalue weighted by molar-refractivity contribution is 5.68. The van der Waals surface area contributed by atoms with Crippen LogP contribution < -0.4 is 20.5 Å². The average molecular weight is 368 g/mol. The molecule has 0 amide bonds. The van der Waals surface area contributed by atoms with Crippen molar-refractivity contribution in [1.82, 2.24) is 14.9 Å². The maximum Gasteiger partial charge on any atom is 0.270 e. The highest BCUT2D eigenvalue weighted by atomic mass is 16.5. The van der Waals surface area contributed by atoms with Crippen LogP contribution in [-0.2, 0) is 0 Å². The molecule has 0 atom stereocenters. The summed E-state index contributed by atoms with van der Waals surface area (Å²) in [5, 5.41) is 11.9. The third-order valence-electron chi connectivity index (χ3n) is 4.47. The van der Waals surface area contributed by atoms with Crippen molar-refractivity contribution in [3.63, 3.8) is 0 Å². The molecule has 1 aromatic carbocycles. The van der Waals surface area contributed by atoms with Crippen molar-refractivity contribution in [2.75, 3.05) is 50.1 Å². The van der Waals surface area contributed by atoms with Crippen LogP contribution in [0, 0.1) is 11.3 Å². The number of ether oxygens (including phenoxy) is 1. The molecule has 2 aromatic rings. The van der Waals surface area contributed by atoms with Crippen LogP contribution in [0.1, 0.15) is 18.9 Å². The molecule has 0 spiro atoms. The number of hydrogen-bond acceptors (Lipinski definition) is 7. The van der Waals surface area contributed by atoms with Crippen LogP contribution in [0.15, 0.2) is 29.2 Å². The second-order valence-electron chi connectivity index (χ2n) is 6.53. The molecule has 1 saturated heterocycles. The molecule has 1 aliphatic heterocycles. The average Bonchev–Trinajstić information content (AvgIpc) is 2.68. The Bertz CT molecular complexity index is 880. The molecule has 1 aromatic heterocycles. The number of likely N-dealkylation sites (N-methyl/N-ethyl adjacent to an activating group) is 1. The summed E-state index contributed by atoms with van der Waals surface area (Å²) in [6, 6.07) is 7.79. The summed E-state index contributed by atoms with van der Waals surface area (Å²) in [4.78, 5) is 23.1. The van der Waals surface area contributed by atoms with Gasteiger partial charge in [0.05, 0.1) is 18.5 Å². The SMILES string of the molecule is CCCOc1cc(N2CCN(C)CC2)ccc1Nc1ncc(C#N)c(=O)[nH]1. The topological polar surface area (TPSA) is 97.3 Å². The number of nitriles is 1. The Morgan fingerprint density at radius 2 is 2.11 bits per heavy atom. The quantitative estimate of drug-likeness (QED) is 0.804. The van der Waals surface area contributed by atoms with Gasteiger partial charge in [-0.2, -0.15) is 5.26 Å². The third-order valence-corrected chi connectivity index (χ3v) is 4.47. The number of H-pyrrole nitrogens is 1. The molecule has 2 heterocycles. The van der Waals surface area contributed by atoms with E-state index in [0.717, 1.165) is 38.3 Å². The van der Waals surface area contributed by atoms with Crippen molar-refractivity contribution in [2.45, 2.75) is 13.3 Å². The molecule has 0 bridgehead atoms. The van der Waals surface area contributed by atoms with Crippen molar-refractivity contribution in [3.8, 4) is 11.8 Å². The minimum absolute atomic E-state index is 0.0200. The number of nitrogens with zero attached hydrogens (tertiary/aromatic N) is 4. The Morgan fingerprint density at radius 3 is 2.78 bits per heavy atom. The van der Waals surface area contributed by atoms with Crippen LogP contribution in [0.4, 0.5) is 17.3 Å². The Kier molecular flexibility index (Phi) is 5.94. The van der Waals surface area contributed by atoms with Gasteiger partial charge in [0.25, 0.3) is 5.56 Å². The van der Waals surface area contributed by atoms with Crippen LogP contribution in [-0.4, -0.2) is 54.7 Å². The summed E-state index contributed by atoms with van der Waals surface area (Å²) in [5.41, 5.74) is 1.34. The van der Waals surface area contributed by atoms with Crippen molar-refractivity contribution < 1.29 is 4.74 Å². The van der Waals surface area contributed by atoms with Crippen LogP contribution in [0.5, 0.6) is 5.75 Å². The van der Waals surface area contributed by atoms with Gasteiger partial charge in [-0.05, 0) is 25.6 Å². The van der Waals surface area contributed by atoms with E-state index in [-0.39, 0.29) is 11.5 Å². The highest BCUT2D eigenvalue weighted by Gasteiger charge is 2.16. The Hall–Kier alpha value is -3.05. The van der Waals surface area contributed by atoms with Gasteiger partial charge < -0.3 is 19.9 Å². The van der Waals surface area contributed by atoms with Crippen LogP contribution in [0.2, 0.25) is 0 Å². The minimum Gasteiger partial charge on any atom is -0.491 e. The molecule has 142 valence electrons. The summed E-state index contributed by atoms with van der Waals surface area (Å²) in [5.74, 6) is 0.980. The fourth-order valence-electron chi connectivity index (χ4n) is 2.87. The standard InChI is InChI=1S/C19H24N6O2/c1-3-10-27-17-11-15(25-8-6-24(2)7-9-25)4-5-16(17)22-19-21-13-14(12-20)18(26)23-19/h4-5,11,13H,3,6-10H2,1-2H3,(H2,21,22,23,26). The van der Waals surface area contributed by atoms with Gasteiger partial charge in [0.1, 0.15) is 17.4 Å². The molecule has 2 N–H and O–H groups in total. The lowest BCUT2D eigenvalue weighted by molar-refractivity contribution is 0.311. The van der Waals surface area contributed by atoms with Crippen molar-refractivity contribution >= 4 is 17.3 Å². The van der Waals surface area contributed by atoms with E-state index in [4.69, 9.17) is 10.00 Å². The van der Waals surface area contributed by atoms with Crippen molar-refractivity contribution in [3.05, 3.63) is 40.3 Å². The maximum atomic E-state index is 11.8. The zero-order chi connectivity index (χ0) is 19.2. The fraction of sp³-hybridized carbons (Fsp3) is 0.421. The van der Waals surface area contributed by atoms with Gasteiger partial charge in [0, 0.05) is 37.9 Å². The monoisotopic (exact) mass is 368 g/mol. The van der Waals surface area contributed by atoms with E-state index in [1.807, 2.05) is 18.2 Å². The van der Waals surface area contributed by atoms with E-state index in [2.05, 4.69) is 39.1 Å². The van der Waals surface area contributed by atoms with E-state index in [9.17, 15) is 4.79 Å². The van der Waals surface area contributed by atoms with Gasteiger partial charge in [-0.3, -0.25) is 9.78 Å². The molecule has 0 unspecified atom stereocenters. The van der Waals surface area contributed by atoms with Gasteiger partial charge in [-0.1, -0.05) is 6.92 Å².